The Morgan fingerprint density at radius 1 is 1.25 bits per heavy atom. The Hall–Kier alpha value is -1.53. The second-order valence-electron chi connectivity index (χ2n) is 4.38. The number of amides is 1. The van der Waals surface area contributed by atoms with E-state index in [1.807, 2.05) is 13.0 Å². The van der Waals surface area contributed by atoms with Crippen molar-refractivity contribution in [1.29, 1.82) is 0 Å². The first-order chi connectivity index (χ1) is 9.63. The Kier molecular flexibility index (Phi) is 3.67. The maximum Gasteiger partial charge on any atom is 0.265 e. The van der Waals surface area contributed by atoms with Gasteiger partial charge in [-0.1, -0.05) is 0 Å². The number of anilines is 1. The van der Waals surface area contributed by atoms with E-state index in [9.17, 15) is 4.79 Å². The second kappa shape index (κ2) is 5.46. The molecule has 0 aliphatic carbocycles. The van der Waals surface area contributed by atoms with Crippen LogP contribution in [0.5, 0.6) is 11.5 Å². The molecule has 1 N–H and O–H groups in total. The van der Waals surface area contributed by atoms with Gasteiger partial charge in [0, 0.05) is 11.8 Å². The molecule has 20 heavy (non-hydrogen) atoms. The summed E-state index contributed by atoms with van der Waals surface area (Å²) >= 11 is 4.84. The smallest absolute Gasteiger partial charge is 0.265 e. The highest BCUT2D eigenvalue weighted by atomic mass is 79.9. The first kappa shape index (κ1) is 13.5. The number of carbonyl (C=O) groups is 1. The Labute approximate surface area is 128 Å². The Morgan fingerprint density at radius 3 is 2.70 bits per heavy atom. The molecule has 1 aliphatic rings. The van der Waals surface area contributed by atoms with Crippen LogP contribution in [0.3, 0.4) is 0 Å². The monoisotopic (exact) mass is 353 g/mol. The van der Waals surface area contributed by atoms with Crippen LogP contribution in [0.2, 0.25) is 0 Å². The third-order valence-corrected chi connectivity index (χ3v) is 5.02. The van der Waals surface area contributed by atoms with Crippen LogP contribution >= 0.6 is 27.3 Å². The van der Waals surface area contributed by atoms with Crippen molar-refractivity contribution in [2.24, 2.45) is 0 Å². The van der Waals surface area contributed by atoms with E-state index in [0.717, 1.165) is 9.35 Å². The standard InChI is InChI=1S/C14H12BrNO3S/c1-8-6-12(20-13(8)15)14(17)16-9-2-3-10-11(7-9)19-5-4-18-10/h2-3,6-7H,4-5H2,1H3,(H,16,17). The number of rotatable bonds is 2. The summed E-state index contributed by atoms with van der Waals surface area (Å²) in [6.07, 6.45) is 0. The molecule has 0 saturated carbocycles. The minimum absolute atomic E-state index is 0.125. The van der Waals surface area contributed by atoms with Crippen molar-refractivity contribution < 1.29 is 14.3 Å². The van der Waals surface area contributed by atoms with Gasteiger partial charge in [0.05, 0.1) is 8.66 Å². The summed E-state index contributed by atoms with van der Waals surface area (Å²) in [5, 5.41) is 2.86. The van der Waals surface area contributed by atoms with E-state index in [-0.39, 0.29) is 5.91 Å². The van der Waals surface area contributed by atoms with Crippen molar-refractivity contribution in [3.8, 4) is 11.5 Å². The maximum absolute atomic E-state index is 12.2. The van der Waals surface area contributed by atoms with Crippen molar-refractivity contribution in [3.63, 3.8) is 0 Å². The lowest BCUT2D eigenvalue weighted by Gasteiger charge is -2.18. The molecule has 1 aromatic heterocycles. The van der Waals surface area contributed by atoms with E-state index >= 15 is 0 Å². The number of halogens is 1. The van der Waals surface area contributed by atoms with Crippen LogP contribution in [0.15, 0.2) is 28.1 Å². The normalized spacial score (nSPS) is 13.1. The average molecular weight is 354 g/mol. The number of hydrogen-bond donors (Lipinski definition) is 1. The number of hydrogen-bond acceptors (Lipinski definition) is 4. The van der Waals surface area contributed by atoms with E-state index < -0.39 is 0 Å². The van der Waals surface area contributed by atoms with E-state index in [1.165, 1.54) is 11.3 Å². The number of carbonyl (C=O) groups excluding carboxylic acids is 1. The summed E-state index contributed by atoms with van der Waals surface area (Å²) in [6, 6.07) is 7.25. The van der Waals surface area contributed by atoms with Crippen LogP contribution in [0.4, 0.5) is 5.69 Å². The lowest BCUT2D eigenvalue weighted by molar-refractivity contribution is 0.103. The molecule has 6 heteroatoms. The fourth-order valence-corrected chi connectivity index (χ4v) is 3.32. The third kappa shape index (κ3) is 2.66. The Bertz CT molecular complexity index is 649. The summed E-state index contributed by atoms with van der Waals surface area (Å²) in [4.78, 5) is 12.8. The van der Waals surface area contributed by atoms with E-state index in [0.29, 0.717) is 35.3 Å². The van der Waals surface area contributed by atoms with Gasteiger partial charge in [-0.2, -0.15) is 0 Å². The lowest BCUT2D eigenvalue weighted by Crippen LogP contribution is -2.16. The predicted octanol–water partition coefficient (Wildman–Crippen LogP) is 3.84. The molecular weight excluding hydrogens is 342 g/mol. The molecule has 0 saturated heterocycles. The number of ether oxygens (including phenoxy) is 2. The number of benzene rings is 1. The largest absolute Gasteiger partial charge is 0.486 e. The zero-order valence-electron chi connectivity index (χ0n) is 10.7. The fourth-order valence-electron chi connectivity index (χ4n) is 1.89. The first-order valence-corrected chi connectivity index (χ1v) is 7.71. The average Bonchev–Trinajstić information content (AvgIpc) is 2.79. The molecule has 0 spiro atoms. The van der Waals surface area contributed by atoms with Crippen molar-refractivity contribution in [3.05, 3.63) is 38.5 Å². The van der Waals surface area contributed by atoms with Gasteiger partial charge >= 0.3 is 0 Å². The molecule has 3 rings (SSSR count). The zero-order chi connectivity index (χ0) is 14.1. The van der Waals surface area contributed by atoms with Gasteiger partial charge in [-0.3, -0.25) is 4.79 Å². The van der Waals surface area contributed by atoms with Crippen LogP contribution < -0.4 is 14.8 Å². The molecule has 4 nitrogen and oxygen atoms in total. The van der Waals surface area contributed by atoms with Crippen molar-refractivity contribution in [2.75, 3.05) is 18.5 Å². The highest BCUT2D eigenvalue weighted by Gasteiger charge is 2.15. The molecule has 0 unspecified atom stereocenters. The van der Waals surface area contributed by atoms with E-state index in [4.69, 9.17) is 9.47 Å². The second-order valence-corrected chi connectivity index (χ2v) is 6.75. The van der Waals surface area contributed by atoms with Crippen LogP contribution in [-0.4, -0.2) is 19.1 Å². The van der Waals surface area contributed by atoms with Crippen LogP contribution in [0.25, 0.3) is 0 Å². The summed E-state index contributed by atoms with van der Waals surface area (Å²) in [5.74, 6) is 1.25. The summed E-state index contributed by atoms with van der Waals surface area (Å²) in [7, 11) is 0. The molecule has 2 aromatic rings. The van der Waals surface area contributed by atoms with Crippen LogP contribution in [0, 0.1) is 6.92 Å². The van der Waals surface area contributed by atoms with Gasteiger partial charge in [0.15, 0.2) is 11.5 Å². The minimum atomic E-state index is -0.125. The molecule has 1 aliphatic heterocycles. The molecule has 2 heterocycles. The topological polar surface area (TPSA) is 47.6 Å². The highest BCUT2D eigenvalue weighted by Crippen LogP contribution is 2.33. The van der Waals surface area contributed by atoms with E-state index in [1.54, 1.807) is 18.2 Å². The Morgan fingerprint density at radius 2 is 2.00 bits per heavy atom. The van der Waals surface area contributed by atoms with Gasteiger partial charge in [-0.25, -0.2) is 0 Å². The minimum Gasteiger partial charge on any atom is -0.486 e. The zero-order valence-corrected chi connectivity index (χ0v) is 13.1. The first-order valence-electron chi connectivity index (χ1n) is 6.10. The quantitative estimate of drug-likeness (QED) is 0.891. The van der Waals surface area contributed by atoms with Crippen molar-refractivity contribution in [2.45, 2.75) is 6.92 Å². The number of aryl methyl sites for hydroxylation is 1. The molecule has 1 amide bonds. The molecule has 0 atom stereocenters. The molecule has 104 valence electrons. The number of thiophene rings is 1. The summed E-state index contributed by atoms with van der Waals surface area (Å²) < 4.78 is 11.9. The van der Waals surface area contributed by atoms with Gasteiger partial charge in [0.2, 0.25) is 0 Å². The summed E-state index contributed by atoms with van der Waals surface area (Å²) in [6.45, 7) is 3.05. The van der Waals surface area contributed by atoms with E-state index in [2.05, 4.69) is 21.2 Å². The Balaban J connectivity index is 1.79. The van der Waals surface area contributed by atoms with Gasteiger partial charge in [-0.15, -0.1) is 11.3 Å². The number of nitrogens with one attached hydrogen (secondary N) is 1. The van der Waals surface area contributed by atoms with Gasteiger partial charge in [0.1, 0.15) is 13.2 Å². The van der Waals surface area contributed by atoms with Gasteiger partial charge in [0.25, 0.3) is 5.91 Å². The SMILES string of the molecule is Cc1cc(C(=O)Nc2ccc3c(c2)OCCO3)sc1Br. The van der Waals surface area contributed by atoms with Gasteiger partial charge < -0.3 is 14.8 Å². The predicted molar refractivity (Wildman–Crippen MR) is 82.1 cm³/mol. The van der Waals surface area contributed by atoms with Crippen LogP contribution in [0.1, 0.15) is 15.2 Å². The van der Waals surface area contributed by atoms with Crippen molar-refractivity contribution in [1.82, 2.24) is 0 Å². The maximum atomic E-state index is 12.2. The molecular formula is C14H12BrNO3S. The van der Waals surface area contributed by atoms with Crippen LogP contribution in [-0.2, 0) is 0 Å². The molecule has 1 aromatic carbocycles. The highest BCUT2D eigenvalue weighted by molar-refractivity contribution is 9.11. The van der Waals surface area contributed by atoms with Crippen molar-refractivity contribution >= 4 is 38.9 Å². The third-order valence-electron chi connectivity index (χ3n) is 2.88. The molecule has 0 fully saturated rings. The lowest BCUT2D eigenvalue weighted by atomic mass is 10.2. The number of fused-ring (bicyclic) bond motifs is 1. The fraction of sp³-hybridized carbons (Fsp3) is 0.214. The molecule has 0 bridgehead atoms. The van der Waals surface area contributed by atoms with Gasteiger partial charge in [-0.05, 0) is 46.6 Å². The summed E-state index contributed by atoms with van der Waals surface area (Å²) in [5.41, 5.74) is 1.75. The molecule has 0 radical (unpaired) electrons.